The first kappa shape index (κ1) is 11.1. The van der Waals surface area contributed by atoms with Gasteiger partial charge in [-0.25, -0.2) is 0 Å². The lowest BCUT2D eigenvalue weighted by atomic mass is 10.0. The zero-order chi connectivity index (χ0) is 10.6. The molecule has 1 aromatic carbocycles. The molecule has 0 spiro atoms. The highest BCUT2D eigenvalue weighted by atomic mass is 16.5. The van der Waals surface area contributed by atoms with Crippen molar-refractivity contribution in [3.05, 3.63) is 29.8 Å². The quantitative estimate of drug-likeness (QED) is 0.798. The zero-order valence-corrected chi connectivity index (χ0v) is 9.03. The topological polar surface area (TPSA) is 29.5 Å². The number of ether oxygens (including phenoxy) is 1. The first-order chi connectivity index (χ1) is 6.63. The van der Waals surface area contributed by atoms with E-state index in [9.17, 15) is 0 Å². The summed E-state index contributed by atoms with van der Waals surface area (Å²) >= 11 is 0. The predicted molar refractivity (Wildman–Crippen MR) is 57.7 cm³/mol. The van der Waals surface area contributed by atoms with Crippen LogP contribution in [0.15, 0.2) is 24.3 Å². The van der Waals surface area contributed by atoms with Gasteiger partial charge in [0, 0.05) is 12.5 Å². The van der Waals surface area contributed by atoms with Crippen LogP contribution in [0.1, 0.15) is 32.3 Å². The van der Waals surface area contributed by atoms with Crippen molar-refractivity contribution in [2.75, 3.05) is 6.61 Å². The lowest BCUT2D eigenvalue weighted by Crippen LogP contribution is -2.05. The predicted octanol–water partition coefficient (Wildman–Crippen LogP) is 2.57. The van der Waals surface area contributed by atoms with E-state index in [1.54, 1.807) is 0 Å². The lowest BCUT2D eigenvalue weighted by Gasteiger charge is -2.12. The highest BCUT2D eigenvalue weighted by Gasteiger charge is 2.03. The summed E-state index contributed by atoms with van der Waals surface area (Å²) in [6, 6.07) is 7.89. The van der Waals surface area contributed by atoms with Crippen LogP contribution in [0, 0.1) is 0 Å². The van der Waals surface area contributed by atoms with E-state index in [-0.39, 0.29) is 18.6 Å². The van der Waals surface area contributed by atoms with Gasteiger partial charge in [-0.1, -0.05) is 19.1 Å². The number of aliphatic hydroxyl groups excluding tert-OH is 1. The van der Waals surface area contributed by atoms with Crippen LogP contribution >= 0.6 is 0 Å². The number of hydrogen-bond donors (Lipinski definition) is 1. The molecule has 1 N–H and O–H groups in total. The van der Waals surface area contributed by atoms with Crippen molar-refractivity contribution in [1.82, 2.24) is 0 Å². The van der Waals surface area contributed by atoms with Crippen LogP contribution in [-0.4, -0.2) is 17.8 Å². The molecule has 78 valence electrons. The standard InChI is InChI=1S/C12H18O2/c1-9(2)14-12-6-4-11(5-7-12)10(3)8-13/h4-7,9-10,13H,8H2,1-3H3. The maximum atomic E-state index is 8.97. The molecule has 0 aromatic heterocycles. The molecule has 1 atom stereocenters. The molecule has 2 heteroatoms. The van der Waals surface area contributed by atoms with Crippen molar-refractivity contribution in [2.24, 2.45) is 0 Å². The Balaban J connectivity index is 2.68. The minimum Gasteiger partial charge on any atom is -0.491 e. The smallest absolute Gasteiger partial charge is 0.119 e. The third-order valence-electron chi connectivity index (χ3n) is 2.09. The molecule has 0 aliphatic rings. The first-order valence-corrected chi connectivity index (χ1v) is 5.01. The van der Waals surface area contributed by atoms with E-state index in [1.807, 2.05) is 45.0 Å². The molecule has 1 rings (SSSR count). The van der Waals surface area contributed by atoms with Gasteiger partial charge in [-0.2, -0.15) is 0 Å². The molecule has 0 saturated heterocycles. The fourth-order valence-corrected chi connectivity index (χ4v) is 1.25. The fourth-order valence-electron chi connectivity index (χ4n) is 1.25. The van der Waals surface area contributed by atoms with Crippen molar-refractivity contribution in [1.29, 1.82) is 0 Å². The molecule has 14 heavy (non-hydrogen) atoms. The third-order valence-corrected chi connectivity index (χ3v) is 2.09. The minimum absolute atomic E-state index is 0.185. The van der Waals surface area contributed by atoms with Crippen LogP contribution in [0.2, 0.25) is 0 Å². The molecule has 0 bridgehead atoms. The highest BCUT2D eigenvalue weighted by molar-refractivity contribution is 5.29. The van der Waals surface area contributed by atoms with Crippen molar-refractivity contribution < 1.29 is 9.84 Å². The molecular formula is C12H18O2. The van der Waals surface area contributed by atoms with Crippen LogP contribution in [0.5, 0.6) is 5.75 Å². The summed E-state index contributed by atoms with van der Waals surface area (Å²) in [4.78, 5) is 0. The van der Waals surface area contributed by atoms with Gasteiger partial charge in [0.25, 0.3) is 0 Å². The molecule has 0 radical (unpaired) electrons. The maximum absolute atomic E-state index is 8.97. The maximum Gasteiger partial charge on any atom is 0.119 e. The summed E-state index contributed by atoms with van der Waals surface area (Å²) in [5, 5.41) is 8.97. The van der Waals surface area contributed by atoms with Crippen molar-refractivity contribution >= 4 is 0 Å². The van der Waals surface area contributed by atoms with Crippen LogP contribution < -0.4 is 4.74 Å². The molecule has 0 aliphatic carbocycles. The Kier molecular flexibility index (Phi) is 3.96. The third kappa shape index (κ3) is 3.04. The van der Waals surface area contributed by atoms with E-state index in [4.69, 9.17) is 9.84 Å². The Morgan fingerprint density at radius 2 is 1.71 bits per heavy atom. The summed E-state index contributed by atoms with van der Waals surface area (Å²) < 4.78 is 5.52. The normalized spacial score (nSPS) is 12.9. The van der Waals surface area contributed by atoms with Crippen molar-refractivity contribution in [3.8, 4) is 5.75 Å². The average molecular weight is 194 g/mol. The minimum atomic E-state index is 0.185. The van der Waals surface area contributed by atoms with E-state index in [1.165, 1.54) is 0 Å². The Bertz CT molecular complexity index is 264. The van der Waals surface area contributed by atoms with Gasteiger partial charge in [-0.3, -0.25) is 0 Å². The summed E-state index contributed by atoms with van der Waals surface area (Å²) in [5.41, 5.74) is 1.14. The second-order valence-electron chi connectivity index (χ2n) is 3.82. The molecule has 0 saturated carbocycles. The molecule has 2 nitrogen and oxygen atoms in total. The van der Waals surface area contributed by atoms with E-state index in [0.717, 1.165) is 11.3 Å². The summed E-state index contributed by atoms with van der Waals surface area (Å²) in [7, 11) is 0. The van der Waals surface area contributed by atoms with Crippen molar-refractivity contribution in [3.63, 3.8) is 0 Å². The number of aliphatic hydroxyl groups is 1. The van der Waals surface area contributed by atoms with Gasteiger partial charge in [0.1, 0.15) is 5.75 Å². The Morgan fingerprint density at radius 1 is 1.14 bits per heavy atom. The van der Waals surface area contributed by atoms with Crippen LogP contribution in [-0.2, 0) is 0 Å². The lowest BCUT2D eigenvalue weighted by molar-refractivity contribution is 0.242. The molecule has 0 aliphatic heterocycles. The second-order valence-corrected chi connectivity index (χ2v) is 3.82. The Morgan fingerprint density at radius 3 is 2.14 bits per heavy atom. The largest absolute Gasteiger partial charge is 0.491 e. The Labute approximate surface area is 85.5 Å². The van der Waals surface area contributed by atoms with Gasteiger partial charge in [-0.15, -0.1) is 0 Å². The van der Waals surface area contributed by atoms with Gasteiger partial charge in [0.15, 0.2) is 0 Å². The van der Waals surface area contributed by atoms with Crippen LogP contribution in [0.3, 0.4) is 0 Å². The molecule has 0 heterocycles. The van der Waals surface area contributed by atoms with Gasteiger partial charge in [0.05, 0.1) is 6.10 Å². The molecule has 1 unspecified atom stereocenters. The van der Waals surface area contributed by atoms with Gasteiger partial charge < -0.3 is 9.84 Å². The summed E-state index contributed by atoms with van der Waals surface area (Å²) in [6.07, 6.45) is 0.205. The second kappa shape index (κ2) is 5.01. The SMILES string of the molecule is CC(C)Oc1ccc(C(C)CO)cc1. The van der Waals surface area contributed by atoms with E-state index in [2.05, 4.69) is 0 Å². The number of hydrogen-bond acceptors (Lipinski definition) is 2. The Hall–Kier alpha value is -1.02. The number of benzene rings is 1. The number of rotatable bonds is 4. The van der Waals surface area contributed by atoms with Gasteiger partial charge in [0.2, 0.25) is 0 Å². The van der Waals surface area contributed by atoms with Crippen LogP contribution in [0.4, 0.5) is 0 Å². The van der Waals surface area contributed by atoms with Gasteiger partial charge >= 0.3 is 0 Å². The van der Waals surface area contributed by atoms with Crippen LogP contribution in [0.25, 0.3) is 0 Å². The van der Waals surface area contributed by atoms with E-state index in [0.29, 0.717) is 0 Å². The summed E-state index contributed by atoms with van der Waals surface area (Å²) in [5.74, 6) is 1.08. The molecular weight excluding hydrogens is 176 g/mol. The monoisotopic (exact) mass is 194 g/mol. The van der Waals surface area contributed by atoms with Crippen molar-refractivity contribution in [2.45, 2.75) is 32.8 Å². The molecule has 0 amide bonds. The first-order valence-electron chi connectivity index (χ1n) is 5.01. The summed E-state index contributed by atoms with van der Waals surface area (Å²) in [6.45, 7) is 6.19. The molecule has 0 fully saturated rings. The van der Waals surface area contributed by atoms with E-state index >= 15 is 0 Å². The van der Waals surface area contributed by atoms with E-state index < -0.39 is 0 Å². The fraction of sp³-hybridized carbons (Fsp3) is 0.500. The van der Waals surface area contributed by atoms with Gasteiger partial charge in [-0.05, 0) is 31.5 Å². The average Bonchev–Trinajstić information content (AvgIpc) is 2.17. The molecule has 1 aromatic rings. The zero-order valence-electron chi connectivity index (χ0n) is 9.03. The highest BCUT2D eigenvalue weighted by Crippen LogP contribution is 2.19.